The van der Waals surface area contributed by atoms with Gasteiger partial charge in [-0.25, -0.2) is 0 Å². The minimum absolute atomic E-state index is 0.246. The molecule has 2 N–H and O–H groups in total. The molecule has 0 aliphatic heterocycles. The average Bonchev–Trinajstić information content (AvgIpc) is 2.74. The minimum atomic E-state index is -0.246. The van der Waals surface area contributed by atoms with Gasteiger partial charge in [-0.05, 0) is 41.5 Å². The molecule has 5 nitrogen and oxygen atoms in total. The highest BCUT2D eigenvalue weighted by Crippen LogP contribution is 2.30. The van der Waals surface area contributed by atoms with Crippen LogP contribution < -0.4 is 10.6 Å². The fraction of sp³-hybridized carbons (Fsp3) is 0.0952. The number of hydrogen-bond donors (Lipinski definition) is 2. The van der Waals surface area contributed by atoms with Gasteiger partial charge in [-0.1, -0.05) is 35.3 Å². The first-order valence-electron chi connectivity index (χ1n) is 8.55. The molecule has 0 saturated carbocycles. The number of hydrogen-bond acceptors (Lipinski definition) is 4. The summed E-state index contributed by atoms with van der Waals surface area (Å²) < 4.78 is 0. The Labute approximate surface area is 173 Å². The van der Waals surface area contributed by atoms with Crippen molar-refractivity contribution in [1.82, 2.24) is 20.6 Å². The Balaban J connectivity index is 2.14. The fourth-order valence-corrected chi connectivity index (χ4v) is 3.01. The molecule has 0 spiro atoms. The van der Waals surface area contributed by atoms with Crippen LogP contribution in [0.2, 0.25) is 10.0 Å². The number of halogens is 2. The molecule has 0 atom stereocenters. The Bertz CT molecular complexity index is 992. The van der Waals surface area contributed by atoms with Gasteiger partial charge in [-0.15, -0.1) is 0 Å². The molecule has 7 heteroatoms. The molecule has 3 aromatic rings. The number of amides is 1. The molecule has 28 heavy (non-hydrogen) atoms. The SMILES string of the molecule is CNC(=O)/C(=C(\NCc1cccnc1)c1ccncc1)c1ccc(Cl)c(Cl)c1. The maximum Gasteiger partial charge on any atom is 0.253 e. The normalized spacial score (nSPS) is 11.5. The number of aromatic nitrogens is 2. The Morgan fingerprint density at radius 3 is 2.39 bits per heavy atom. The number of rotatable bonds is 6. The molecule has 3 rings (SSSR count). The van der Waals surface area contributed by atoms with Crippen LogP contribution in [0.5, 0.6) is 0 Å². The van der Waals surface area contributed by atoms with E-state index in [0.717, 1.165) is 11.1 Å². The third kappa shape index (κ3) is 4.68. The van der Waals surface area contributed by atoms with Gasteiger partial charge in [-0.2, -0.15) is 0 Å². The molecule has 0 radical (unpaired) electrons. The van der Waals surface area contributed by atoms with Crippen LogP contribution in [0, 0.1) is 0 Å². The van der Waals surface area contributed by atoms with E-state index < -0.39 is 0 Å². The van der Waals surface area contributed by atoms with E-state index in [1.165, 1.54) is 0 Å². The van der Waals surface area contributed by atoms with Crippen molar-refractivity contribution in [1.29, 1.82) is 0 Å². The summed E-state index contributed by atoms with van der Waals surface area (Å²) in [6, 6.07) is 12.6. The van der Waals surface area contributed by atoms with Crippen molar-refractivity contribution >= 4 is 40.4 Å². The zero-order valence-corrected chi connectivity index (χ0v) is 16.6. The molecule has 0 fully saturated rings. The van der Waals surface area contributed by atoms with E-state index in [1.54, 1.807) is 50.0 Å². The largest absolute Gasteiger partial charge is 0.380 e. The number of nitrogens with one attached hydrogen (secondary N) is 2. The lowest BCUT2D eigenvalue weighted by Gasteiger charge is -2.18. The summed E-state index contributed by atoms with van der Waals surface area (Å²) in [4.78, 5) is 21.0. The summed E-state index contributed by atoms with van der Waals surface area (Å²) in [5, 5.41) is 6.88. The first-order chi connectivity index (χ1) is 13.6. The van der Waals surface area contributed by atoms with Crippen molar-refractivity contribution in [3.63, 3.8) is 0 Å². The first kappa shape index (κ1) is 19.9. The number of pyridine rings is 2. The zero-order chi connectivity index (χ0) is 19.9. The second-order valence-corrected chi connectivity index (χ2v) is 6.72. The molecule has 142 valence electrons. The van der Waals surface area contributed by atoms with E-state index in [-0.39, 0.29) is 5.91 Å². The van der Waals surface area contributed by atoms with Gasteiger partial charge in [0.25, 0.3) is 5.91 Å². The fourth-order valence-electron chi connectivity index (χ4n) is 2.71. The predicted octanol–water partition coefficient (Wildman–Crippen LogP) is 4.19. The second kappa shape index (κ2) is 9.35. The molecule has 0 unspecified atom stereocenters. The van der Waals surface area contributed by atoms with Gasteiger partial charge < -0.3 is 10.6 Å². The molecule has 0 aliphatic carbocycles. The third-order valence-electron chi connectivity index (χ3n) is 4.07. The van der Waals surface area contributed by atoms with Gasteiger partial charge in [0.2, 0.25) is 0 Å². The molecule has 1 amide bonds. The maximum absolute atomic E-state index is 12.8. The summed E-state index contributed by atoms with van der Waals surface area (Å²) in [6.45, 7) is 0.493. The predicted molar refractivity (Wildman–Crippen MR) is 113 cm³/mol. The van der Waals surface area contributed by atoms with Crippen molar-refractivity contribution in [2.75, 3.05) is 7.05 Å². The van der Waals surface area contributed by atoms with Gasteiger partial charge in [0.05, 0.1) is 21.3 Å². The van der Waals surface area contributed by atoms with Crippen molar-refractivity contribution in [3.8, 4) is 0 Å². The van der Waals surface area contributed by atoms with E-state index in [2.05, 4.69) is 20.6 Å². The highest BCUT2D eigenvalue weighted by molar-refractivity contribution is 6.42. The number of carbonyl (C=O) groups is 1. The standard InChI is InChI=1S/C21H18Cl2N4O/c1-24-21(28)19(16-4-5-17(22)18(23)11-16)20(15-6-9-25-10-7-15)27-13-14-3-2-8-26-12-14/h2-12,27H,13H2,1H3,(H,24,28)/b20-19-. The van der Waals surface area contributed by atoms with E-state index in [1.807, 2.05) is 24.3 Å². The summed E-state index contributed by atoms with van der Waals surface area (Å²) >= 11 is 12.3. The van der Waals surface area contributed by atoms with Gasteiger partial charge >= 0.3 is 0 Å². The second-order valence-electron chi connectivity index (χ2n) is 5.91. The summed E-state index contributed by atoms with van der Waals surface area (Å²) in [7, 11) is 1.59. The molecule has 2 aromatic heterocycles. The van der Waals surface area contributed by atoms with E-state index in [0.29, 0.717) is 33.4 Å². The number of benzene rings is 1. The van der Waals surface area contributed by atoms with Crippen LogP contribution in [0.1, 0.15) is 16.7 Å². The Morgan fingerprint density at radius 2 is 1.75 bits per heavy atom. The van der Waals surface area contributed by atoms with Gasteiger partial charge in [-0.3, -0.25) is 14.8 Å². The van der Waals surface area contributed by atoms with E-state index in [4.69, 9.17) is 23.2 Å². The molecule has 0 bridgehead atoms. The van der Waals surface area contributed by atoms with E-state index in [9.17, 15) is 4.79 Å². The topological polar surface area (TPSA) is 66.9 Å². The number of likely N-dealkylation sites (N-methyl/N-ethyl adjacent to an activating group) is 1. The molecule has 1 aromatic carbocycles. The Morgan fingerprint density at radius 1 is 0.964 bits per heavy atom. The molecule has 0 saturated heterocycles. The van der Waals surface area contributed by atoms with Gasteiger partial charge in [0.1, 0.15) is 0 Å². The number of nitrogens with zero attached hydrogens (tertiary/aromatic N) is 2. The van der Waals surface area contributed by atoms with Crippen LogP contribution in [0.25, 0.3) is 11.3 Å². The van der Waals surface area contributed by atoms with Crippen LogP contribution in [0.3, 0.4) is 0 Å². The molecule has 2 heterocycles. The van der Waals surface area contributed by atoms with Crippen LogP contribution in [0.15, 0.2) is 67.3 Å². The monoisotopic (exact) mass is 412 g/mol. The summed E-state index contributed by atoms with van der Waals surface area (Å²) in [5.41, 5.74) is 3.57. The Hall–Kier alpha value is -2.89. The quantitative estimate of drug-likeness (QED) is 0.595. The molecular formula is C21H18Cl2N4O. The Kier molecular flexibility index (Phi) is 6.63. The lowest BCUT2D eigenvalue weighted by molar-refractivity contribution is -0.115. The van der Waals surface area contributed by atoms with Gasteiger partial charge in [0, 0.05) is 43.9 Å². The van der Waals surface area contributed by atoms with Crippen LogP contribution in [-0.4, -0.2) is 22.9 Å². The van der Waals surface area contributed by atoms with Crippen LogP contribution in [0.4, 0.5) is 0 Å². The zero-order valence-electron chi connectivity index (χ0n) is 15.1. The van der Waals surface area contributed by atoms with Gasteiger partial charge in [0.15, 0.2) is 0 Å². The van der Waals surface area contributed by atoms with Crippen molar-refractivity contribution in [3.05, 3.63) is 94.0 Å². The number of carbonyl (C=O) groups excluding carboxylic acids is 1. The minimum Gasteiger partial charge on any atom is -0.380 e. The maximum atomic E-state index is 12.8. The van der Waals surface area contributed by atoms with Crippen LogP contribution >= 0.6 is 23.2 Å². The molecule has 0 aliphatic rings. The van der Waals surface area contributed by atoms with Crippen LogP contribution in [-0.2, 0) is 11.3 Å². The highest BCUT2D eigenvalue weighted by atomic mass is 35.5. The van der Waals surface area contributed by atoms with Crippen molar-refractivity contribution in [2.45, 2.75) is 6.54 Å². The van der Waals surface area contributed by atoms with Crippen molar-refractivity contribution in [2.24, 2.45) is 0 Å². The van der Waals surface area contributed by atoms with Crippen molar-refractivity contribution < 1.29 is 4.79 Å². The lowest BCUT2D eigenvalue weighted by atomic mass is 9.98. The lowest BCUT2D eigenvalue weighted by Crippen LogP contribution is -2.24. The highest BCUT2D eigenvalue weighted by Gasteiger charge is 2.19. The van der Waals surface area contributed by atoms with E-state index >= 15 is 0 Å². The first-order valence-corrected chi connectivity index (χ1v) is 9.30. The average molecular weight is 413 g/mol. The summed E-state index contributed by atoms with van der Waals surface area (Å²) in [6.07, 6.45) is 6.85. The summed E-state index contributed by atoms with van der Waals surface area (Å²) in [5.74, 6) is -0.246. The third-order valence-corrected chi connectivity index (χ3v) is 4.81. The smallest absolute Gasteiger partial charge is 0.253 e. The molecular weight excluding hydrogens is 395 g/mol.